The lowest BCUT2D eigenvalue weighted by Gasteiger charge is -2.36. The SMILES string of the molecule is O=C(NCCN1CCN(c2ccccc2)CC1)Nc1ccccc1C(F)(F)F. The second-order valence-electron chi connectivity index (χ2n) is 6.59. The summed E-state index contributed by atoms with van der Waals surface area (Å²) < 4.78 is 38.9. The molecule has 8 heteroatoms. The Labute approximate surface area is 162 Å². The normalized spacial score (nSPS) is 15.3. The first-order valence-electron chi connectivity index (χ1n) is 9.17. The van der Waals surface area contributed by atoms with Crippen molar-refractivity contribution in [3.05, 3.63) is 60.2 Å². The van der Waals surface area contributed by atoms with Gasteiger partial charge in [0, 0.05) is 45.0 Å². The molecule has 0 bridgehead atoms. The minimum atomic E-state index is -4.51. The van der Waals surface area contributed by atoms with Gasteiger partial charge in [0.15, 0.2) is 0 Å². The molecule has 2 aromatic carbocycles. The van der Waals surface area contributed by atoms with E-state index in [0.717, 1.165) is 32.2 Å². The van der Waals surface area contributed by atoms with Crippen LogP contribution < -0.4 is 15.5 Å². The lowest BCUT2D eigenvalue weighted by molar-refractivity contribution is -0.136. The minimum Gasteiger partial charge on any atom is -0.369 e. The van der Waals surface area contributed by atoms with Crippen LogP contribution in [0, 0.1) is 0 Å². The maximum absolute atomic E-state index is 13.0. The quantitative estimate of drug-likeness (QED) is 0.817. The van der Waals surface area contributed by atoms with Crippen LogP contribution in [0.5, 0.6) is 0 Å². The van der Waals surface area contributed by atoms with Crippen molar-refractivity contribution in [1.82, 2.24) is 10.2 Å². The second-order valence-corrected chi connectivity index (χ2v) is 6.59. The number of carbonyl (C=O) groups excluding carboxylic acids is 1. The summed E-state index contributed by atoms with van der Waals surface area (Å²) >= 11 is 0. The molecule has 0 saturated carbocycles. The molecule has 1 heterocycles. The molecule has 1 aliphatic heterocycles. The minimum absolute atomic E-state index is 0.246. The standard InChI is InChI=1S/C20H23F3N4O/c21-20(22,23)17-8-4-5-9-18(17)25-19(28)24-10-11-26-12-14-27(15-13-26)16-6-2-1-3-7-16/h1-9H,10-15H2,(H2,24,25,28). The zero-order valence-corrected chi connectivity index (χ0v) is 15.4. The molecule has 2 N–H and O–H groups in total. The van der Waals surface area contributed by atoms with Gasteiger partial charge in [0.25, 0.3) is 0 Å². The van der Waals surface area contributed by atoms with Crippen molar-refractivity contribution in [1.29, 1.82) is 0 Å². The van der Waals surface area contributed by atoms with Crippen LogP contribution in [0.25, 0.3) is 0 Å². The summed E-state index contributed by atoms with van der Waals surface area (Å²) in [7, 11) is 0. The molecule has 1 saturated heterocycles. The van der Waals surface area contributed by atoms with Gasteiger partial charge in [-0.1, -0.05) is 30.3 Å². The number of amides is 2. The van der Waals surface area contributed by atoms with Crippen LogP contribution >= 0.6 is 0 Å². The van der Waals surface area contributed by atoms with Crippen LogP contribution in [0.3, 0.4) is 0 Å². The van der Waals surface area contributed by atoms with Crippen LogP contribution in [0.2, 0.25) is 0 Å². The number of halogens is 3. The highest BCUT2D eigenvalue weighted by molar-refractivity contribution is 5.90. The first-order chi connectivity index (χ1) is 13.4. The first kappa shape index (κ1) is 20.0. The number of nitrogens with zero attached hydrogens (tertiary/aromatic N) is 2. The van der Waals surface area contributed by atoms with Crippen molar-refractivity contribution in [2.45, 2.75) is 6.18 Å². The van der Waals surface area contributed by atoms with E-state index in [2.05, 4.69) is 32.6 Å². The van der Waals surface area contributed by atoms with Gasteiger partial charge in [0.2, 0.25) is 0 Å². The van der Waals surface area contributed by atoms with Gasteiger partial charge < -0.3 is 15.5 Å². The van der Waals surface area contributed by atoms with E-state index in [4.69, 9.17) is 0 Å². The van der Waals surface area contributed by atoms with Gasteiger partial charge in [-0.15, -0.1) is 0 Å². The average Bonchev–Trinajstić information content (AvgIpc) is 2.69. The van der Waals surface area contributed by atoms with E-state index in [0.29, 0.717) is 13.1 Å². The highest BCUT2D eigenvalue weighted by atomic mass is 19.4. The summed E-state index contributed by atoms with van der Waals surface area (Å²) in [5.74, 6) is 0. The molecule has 2 amide bonds. The Morgan fingerprint density at radius 2 is 1.57 bits per heavy atom. The monoisotopic (exact) mass is 392 g/mol. The summed E-state index contributed by atoms with van der Waals surface area (Å²) in [6.07, 6.45) is -4.51. The molecule has 0 aromatic heterocycles. The summed E-state index contributed by atoms with van der Waals surface area (Å²) in [6, 6.07) is 14.5. The van der Waals surface area contributed by atoms with Gasteiger partial charge in [0.05, 0.1) is 11.3 Å². The summed E-state index contributed by atoms with van der Waals surface area (Å²) in [4.78, 5) is 16.5. The number of hydrogen-bond donors (Lipinski definition) is 2. The number of anilines is 2. The molecule has 3 rings (SSSR count). The van der Waals surface area contributed by atoms with Crippen molar-refractivity contribution in [3.8, 4) is 0 Å². The molecule has 0 spiro atoms. The van der Waals surface area contributed by atoms with Crippen molar-refractivity contribution < 1.29 is 18.0 Å². The van der Waals surface area contributed by atoms with E-state index in [9.17, 15) is 18.0 Å². The summed E-state index contributed by atoms with van der Waals surface area (Å²) in [5.41, 5.74) is 0.0918. The molecule has 1 aliphatic rings. The maximum Gasteiger partial charge on any atom is 0.418 e. The Balaban J connectivity index is 1.41. The highest BCUT2D eigenvalue weighted by Gasteiger charge is 2.33. The average molecular weight is 392 g/mol. The van der Waals surface area contributed by atoms with E-state index < -0.39 is 17.8 Å². The third-order valence-corrected chi connectivity index (χ3v) is 4.69. The van der Waals surface area contributed by atoms with Crippen molar-refractivity contribution in [3.63, 3.8) is 0 Å². The zero-order valence-electron chi connectivity index (χ0n) is 15.4. The van der Waals surface area contributed by atoms with Gasteiger partial charge in [-0.2, -0.15) is 13.2 Å². The fourth-order valence-corrected chi connectivity index (χ4v) is 3.20. The topological polar surface area (TPSA) is 47.6 Å². The third-order valence-electron chi connectivity index (χ3n) is 4.69. The number of urea groups is 1. The predicted molar refractivity (Wildman–Crippen MR) is 104 cm³/mol. The lowest BCUT2D eigenvalue weighted by atomic mass is 10.1. The Morgan fingerprint density at radius 1 is 0.929 bits per heavy atom. The number of alkyl halides is 3. The molecule has 0 atom stereocenters. The number of para-hydroxylation sites is 2. The Morgan fingerprint density at radius 3 is 2.25 bits per heavy atom. The number of rotatable bonds is 5. The molecule has 2 aromatic rings. The molecule has 28 heavy (non-hydrogen) atoms. The van der Waals surface area contributed by atoms with E-state index in [1.54, 1.807) is 0 Å². The molecular formula is C20H23F3N4O. The molecule has 0 radical (unpaired) electrons. The summed E-state index contributed by atoms with van der Waals surface area (Å²) in [5, 5.41) is 4.91. The number of nitrogens with one attached hydrogen (secondary N) is 2. The van der Waals surface area contributed by atoms with Crippen LogP contribution in [-0.2, 0) is 6.18 Å². The van der Waals surface area contributed by atoms with Crippen LogP contribution in [0.1, 0.15) is 5.56 Å². The molecule has 5 nitrogen and oxygen atoms in total. The lowest BCUT2D eigenvalue weighted by Crippen LogP contribution is -2.48. The van der Waals surface area contributed by atoms with E-state index in [1.165, 1.54) is 23.9 Å². The summed E-state index contributed by atoms with van der Waals surface area (Å²) in [6.45, 7) is 4.55. The van der Waals surface area contributed by atoms with Crippen molar-refractivity contribution in [2.75, 3.05) is 49.5 Å². The van der Waals surface area contributed by atoms with Crippen LogP contribution in [-0.4, -0.2) is 50.2 Å². The number of carbonyl (C=O) groups is 1. The molecular weight excluding hydrogens is 369 g/mol. The highest BCUT2D eigenvalue weighted by Crippen LogP contribution is 2.34. The van der Waals surface area contributed by atoms with Gasteiger partial charge >= 0.3 is 12.2 Å². The molecule has 150 valence electrons. The smallest absolute Gasteiger partial charge is 0.369 e. The van der Waals surface area contributed by atoms with E-state index in [1.807, 2.05) is 18.2 Å². The van der Waals surface area contributed by atoms with Crippen molar-refractivity contribution >= 4 is 17.4 Å². The second kappa shape index (κ2) is 8.97. The number of benzene rings is 2. The Hall–Kier alpha value is -2.74. The predicted octanol–water partition coefficient (Wildman–Crippen LogP) is 3.65. The van der Waals surface area contributed by atoms with Gasteiger partial charge in [-0.3, -0.25) is 4.90 Å². The number of hydrogen-bond acceptors (Lipinski definition) is 3. The van der Waals surface area contributed by atoms with Gasteiger partial charge in [-0.25, -0.2) is 4.79 Å². The van der Waals surface area contributed by atoms with Crippen LogP contribution in [0.15, 0.2) is 54.6 Å². The van der Waals surface area contributed by atoms with Crippen LogP contribution in [0.4, 0.5) is 29.3 Å². The fourth-order valence-electron chi connectivity index (χ4n) is 3.20. The van der Waals surface area contributed by atoms with E-state index >= 15 is 0 Å². The Kier molecular flexibility index (Phi) is 6.41. The van der Waals surface area contributed by atoms with Gasteiger partial charge in [-0.05, 0) is 24.3 Å². The zero-order chi connectivity index (χ0) is 20.0. The molecule has 0 unspecified atom stereocenters. The Bertz CT molecular complexity index is 775. The van der Waals surface area contributed by atoms with E-state index in [-0.39, 0.29) is 5.69 Å². The largest absolute Gasteiger partial charge is 0.418 e. The maximum atomic E-state index is 13.0. The first-order valence-corrected chi connectivity index (χ1v) is 9.17. The number of piperazine rings is 1. The molecule has 1 fully saturated rings. The fraction of sp³-hybridized carbons (Fsp3) is 0.350. The van der Waals surface area contributed by atoms with Crippen molar-refractivity contribution in [2.24, 2.45) is 0 Å². The molecule has 0 aliphatic carbocycles. The third kappa shape index (κ3) is 5.39. The van der Waals surface area contributed by atoms with Gasteiger partial charge in [0.1, 0.15) is 0 Å².